The van der Waals surface area contributed by atoms with E-state index in [-0.39, 0.29) is 18.4 Å². The lowest BCUT2D eigenvalue weighted by molar-refractivity contribution is -0.127. The molecule has 1 amide bonds. The van der Waals surface area contributed by atoms with Crippen LogP contribution in [-0.4, -0.2) is 46.1 Å². The Balaban J connectivity index is 3.30. The van der Waals surface area contributed by atoms with Crippen molar-refractivity contribution in [3.8, 4) is 0 Å². The van der Waals surface area contributed by atoms with Crippen LogP contribution in [0.4, 0.5) is 5.69 Å². The molecular formula is C14H22N2O3S. The van der Waals surface area contributed by atoms with Gasteiger partial charge >= 0.3 is 0 Å². The van der Waals surface area contributed by atoms with E-state index in [0.29, 0.717) is 5.69 Å². The number of nitrogens with zero attached hydrogens (tertiary/aromatic N) is 2. The van der Waals surface area contributed by atoms with Gasteiger partial charge in [-0.15, -0.1) is 0 Å². The van der Waals surface area contributed by atoms with Gasteiger partial charge in [0.25, 0.3) is 0 Å². The van der Waals surface area contributed by atoms with Gasteiger partial charge < -0.3 is 4.90 Å². The predicted molar refractivity (Wildman–Crippen MR) is 81.4 cm³/mol. The molecule has 0 aliphatic heterocycles. The van der Waals surface area contributed by atoms with Crippen LogP contribution in [0.5, 0.6) is 0 Å². The van der Waals surface area contributed by atoms with Gasteiger partial charge in [0.15, 0.2) is 0 Å². The number of likely N-dealkylation sites (N-methyl/N-ethyl adjacent to an activating group) is 1. The Morgan fingerprint density at radius 2 is 1.75 bits per heavy atom. The topological polar surface area (TPSA) is 57.7 Å². The molecule has 0 aliphatic rings. The summed E-state index contributed by atoms with van der Waals surface area (Å²) >= 11 is 0. The van der Waals surface area contributed by atoms with Crippen molar-refractivity contribution < 1.29 is 13.2 Å². The third-order valence-corrected chi connectivity index (χ3v) is 4.13. The summed E-state index contributed by atoms with van der Waals surface area (Å²) in [5.41, 5.74) is 1.48. The van der Waals surface area contributed by atoms with Crippen molar-refractivity contribution >= 4 is 21.6 Å². The number of benzene rings is 1. The van der Waals surface area contributed by atoms with Gasteiger partial charge in [-0.1, -0.05) is 32.0 Å². The predicted octanol–water partition coefficient (Wildman–Crippen LogP) is 1.66. The van der Waals surface area contributed by atoms with E-state index in [4.69, 9.17) is 0 Å². The zero-order valence-corrected chi connectivity index (χ0v) is 13.4. The van der Waals surface area contributed by atoms with Gasteiger partial charge in [-0.2, -0.15) is 0 Å². The molecule has 0 aliphatic carbocycles. The maximum Gasteiger partial charge on any atom is 0.242 e. The number of amides is 1. The Labute approximate surface area is 121 Å². The smallest absolute Gasteiger partial charge is 0.242 e. The Morgan fingerprint density at radius 1 is 1.20 bits per heavy atom. The molecule has 1 rings (SSSR count). The fourth-order valence-electron chi connectivity index (χ4n) is 1.85. The largest absolute Gasteiger partial charge is 0.347 e. The quantitative estimate of drug-likeness (QED) is 0.831. The molecule has 0 N–H and O–H groups in total. The molecule has 0 radical (unpaired) electrons. The van der Waals surface area contributed by atoms with E-state index in [9.17, 15) is 13.2 Å². The van der Waals surface area contributed by atoms with Gasteiger partial charge in [0.1, 0.15) is 6.54 Å². The first kappa shape index (κ1) is 16.5. The summed E-state index contributed by atoms with van der Waals surface area (Å²) < 4.78 is 25.2. The number of anilines is 1. The Bertz CT molecular complexity index is 580. The van der Waals surface area contributed by atoms with Gasteiger partial charge in [-0.05, 0) is 17.5 Å². The van der Waals surface area contributed by atoms with E-state index in [0.717, 1.165) is 11.8 Å². The molecule has 0 heterocycles. The second-order valence-electron chi connectivity index (χ2n) is 5.27. The van der Waals surface area contributed by atoms with Crippen LogP contribution in [0.25, 0.3) is 0 Å². The molecular weight excluding hydrogens is 276 g/mol. The maximum atomic E-state index is 12.0. The van der Waals surface area contributed by atoms with Crippen molar-refractivity contribution in [3.63, 3.8) is 0 Å². The summed E-state index contributed by atoms with van der Waals surface area (Å²) in [5, 5.41) is 0. The average Bonchev–Trinajstić information content (AvgIpc) is 2.33. The lowest BCUT2D eigenvalue weighted by Crippen LogP contribution is -2.40. The molecule has 0 aromatic heterocycles. The van der Waals surface area contributed by atoms with E-state index < -0.39 is 10.0 Å². The van der Waals surface area contributed by atoms with Gasteiger partial charge in [0.05, 0.1) is 11.9 Å². The minimum atomic E-state index is -3.52. The van der Waals surface area contributed by atoms with Crippen LogP contribution < -0.4 is 4.31 Å². The van der Waals surface area contributed by atoms with Crippen molar-refractivity contribution in [2.45, 2.75) is 19.8 Å². The van der Waals surface area contributed by atoms with E-state index >= 15 is 0 Å². The lowest BCUT2D eigenvalue weighted by Gasteiger charge is -2.26. The Morgan fingerprint density at radius 3 is 2.20 bits per heavy atom. The lowest BCUT2D eigenvalue weighted by atomic mass is 10.0. The zero-order valence-electron chi connectivity index (χ0n) is 12.6. The first-order chi connectivity index (χ1) is 9.14. The molecule has 0 fully saturated rings. The summed E-state index contributed by atoms with van der Waals surface area (Å²) in [4.78, 5) is 13.3. The third-order valence-electron chi connectivity index (χ3n) is 3.01. The van der Waals surface area contributed by atoms with Crippen LogP contribution in [0.1, 0.15) is 25.3 Å². The minimum Gasteiger partial charge on any atom is -0.347 e. The molecule has 1 aromatic carbocycles. The molecule has 0 unspecified atom stereocenters. The summed E-state index contributed by atoms with van der Waals surface area (Å²) in [7, 11) is -0.300. The van der Waals surface area contributed by atoms with Gasteiger partial charge in [-0.25, -0.2) is 8.42 Å². The molecule has 0 spiro atoms. The molecule has 0 atom stereocenters. The molecule has 0 bridgehead atoms. The monoisotopic (exact) mass is 298 g/mol. The van der Waals surface area contributed by atoms with E-state index in [2.05, 4.69) is 0 Å². The normalized spacial score (nSPS) is 11.5. The van der Waals surface area contributed by atoms with Crippen molar-refractivity contribution in [1.82, 2.24) is 4.90 Å². The van der Waals surface area contributed by atoms with Gasteiger partial charge in [0, 0.05) is 14.1 Å². The number of para-hydroxylation sites is 1. The molecule has 5 nitrogen and oxygen atoms in total. The van der Waals surface area contributed by atoms with Crippen LogP contribution in [0.3, 0.4) is 0 Å². The van der Waals surface area contributed by atoms with Crippen molar-refractivity contribution in [3.05, 3.63) is 29.8 Å². The summed E-state index contributed by atoms with van der Waals surface area (Å²) in [6.45, 7) is 3.80. The molecule has 0 saturated heterocycles. The number of carbonyl (C=O) groups excluding carboxylic acids is 1. The second-order valence-corrected chi connectivity index (χ2v) is 7.18. The van der Waals surface area contributed by atoms with E-state index in [1.54, 1.807) is 26.2 Å². The number of hydrogen-bond acceptors (Lipinski definition) is 3. The third kappa shape index (κ3) is 3.96. The Hall–Kier alpha value is -1.56. The summed E-state index contributed by atoms with van der Waals surface area (Å²) in [6, 6.07) is 7.27. The highest BCUT2D eigenvalue weighted by Gasteiger charge is 2.24. The van der Waals surface area contributed by atoms with Crippen molar-refractivity contribution in [2.75, 3.05) is 31.2 Å². The summed E-state index contributed by atoms with van der Waals surface area (Å²) in [6.07, 6.45) is 1.12. The second kappa shape index (κ2) is 6.26. The summed E-state index contributed by atoms with van der Waals surface area (Å²) in [5.74, 6) is -0.0844. The molecule has 6 heteroatoms. The first-order valence-electron chi connectivity index (χ1n) is 6.41. The molecule has 20 heavy (non-hydrogen) atoms. The maximum absolute atomic E-state index is 12.0. The average molecular weight is 298 g/mol. The molecule has 112 valence electrons. The zero-order chi connectivity index (χ0) is 15.5. The van der Waals surface area contributed by atoms with Gasteiger partial charge in [-0.3, -0.25) is 9.10 Å². The first-order valence-corrected chi connectivity index (χ1v) is 8.26. The number of rotatable bonds is 5. The van der Waals surface area contributed by atoms with Crippen LogP contribution in [-0.2, 0) is 14.8 Å². The number of hydrogen-bond donors (Lipinski definition) is 0. The highest BCUT2D eigenvalue weighted by Crippen LogP contribution is 2.28. The Kier molecular flexibility index (Phi) is 5.16. The minimum absolute atomic E-state index is 0.171. The fourth-order valence-corrected chi connectivity index (χ4v) is 2.72. The van der Waals surface area contributed by atoms with Crippen molar-refractivity contribution in [1.29, 1.82) is 0 Å². The van der Waals surface area contributed by atoms with E-state index in [1.807, 2.05) is 26.0 Å². The van der Waals surface area contributed by atoms with Crippen molar-refractivity contribution in [2.24, 2.45) is 0 Å². The van der Waals surface area contributed by atoms with Crippen LogP contribution >= 0.6 is 0 Å². The molecule has 1 aromatic rings. The highest BCUT2D eigenvalue weighted by atomic mass is 32.2. The SMILES string of the molecule is CC(C)c1ccccc1N(CC(=O)N(C)C)S(C)(=O)=O. The fraction of sp³-hybridized carbons (Fsp3) is 0.500. The van der Waals surface area contributed by atoms with Crippen LogP contribution in [0.2, 0.25) is 0 Å². The van der Waals surface area contributed by atoms with E-state index in [1.165, 1.54) is 9.21 Å². The molecule has 0 saturated carbocycles. The van der Waals surface area contributed by atoms with Crippen LogP contribution in [0, 0.1) is 0 Å². The number of carbonyl (C=O) groups is 1. The standard InChI is InChI=1S/C14H22N2O3S/c1-11(2)12-8-6-7-9-13(12)16(20(5,18)19)10-14(17)15(3)4/h6-9,11H,10H2,1-5H3. The highest BCUT2D eigenvalue weighted by molar-refractivity contribution is 7.92. The van der Waals surface area contributed by atoms with Crippen LogP contribution in [0.15, 0.2) is 24.3 Å². The van der Waals surface area contributed by atoms with Gasteiger partial charge in [0.2, 0.25) is 15.9 Å². The number of sulfonamides is 1.